The lowest BCUT2D eigenvalue weighted by Crippen LogP contribution is -2.20. The number of aryl methyl sites for hydroxylation is 2. The molecular weight excluding hydrogens is 554 g/mol. The van der Waals surface area contributed by atoms with Crippen LogP contribution >= 0.6 is 0 Å². The van der Waals surface area contributed by atoms with Crippen LogP contribution in [0.1, 0.15) is 67.4 Å². The van der Waals surface area contributed by atoms with Crippen molar-refractivity contribution in [3.8, 4) is 17.1 Å². The van der Waals surface area contributed by atoms with Crippen molar-refractivity contribution in [2.45, 2.75) is 64.8 Å². The summed E-state index contributed by atoms with van der Waals surface area (Å²) in [5.41, 5.74) is 5.74. The first-order valence-corrected chi connectivity index (χ1v) is 16.3. The molecule has 0 radical (unpaired) electrons. The zero-order valence-corrected chi connectivity index (χ0v) is 25.8. The van der Waals surface area contributed by atoms with Gasteiger partial charge in [0.2, 0.25) is 11.8 Å². The second kappa shape index (κ2) is 12.6. The molecule has 1 saturated carbocycles. The maximum atomic E-state index is 13.8. The van der Waals surface area contributed by atoms with Crippen molar-refractivity contribution in [2.24, 2.45) is 24.8 Å². The number of benzene rings is 1. The fourth-order valence-electron chi connectivity index (χ4n) is 6.86. The van der Waals surface area contributed by atoms with Crippen LogP contribution in [0, 0.1) is 24.7 Å². The first-order valence-electron chi connectivity index (χ1n) is 16.3. The molecule has 1 atom stereocenters. The third kappa shape index (κ3) is 6.31. The number of pyridine rings is 1. The van der Waals surface area contributed by atoms with Crippen molar-refractivity contribution in [3.63, 3.8) is 0 Å². The second-order valence-corrected chi connectivity index (χ2v) is 12.8. The smallest absolute Gasteiger partial charge is 0.258 e. The van der Waals surface area contributed by atoms with Gasteiger partial charge in [-0.2, -0.15) is 5.10 Å². The Hall–Kier alpha value is -3.92. The van der Waals surface area contributed by atoms with Crippen molar-refractivity contribution < 1.29 is 14.3 Å². The van der Waals surface area contributed by atoms with Gasteiger partial charge in [0.25, 0.3) is 5.91 Å². The zero-order valence-electron chi connectivity index (χ0n) is 25.8. The number of rotatable bonds is 6. The maximum Gasteiger partial charge on any atom is 0.258 e. The molecule has 1 aromatic carbocycles. The van der Waals surface area contributed by atoms with Crippen LogP contribution in [0.3, 0.4) is 0 Å². The third-order valence-electron chi connectivity index (χ3n) is 9.47. The first-order chi connectivity index (χ1) is 21.5. The molecule has 4 aromatic rings. The standard InChI is InChI=1S/C34H43N7O3/c1-22-17-26-18-29(37-22)28-20-36-40(2)33(28)44-14-4-6-25(24-7-8-24)21-41-31-10-9-27(19-30(31)38-34(41)39-32(26)42)35-13-3-5-23-11-15-43-16-12-23/h9-10,17-20,23-25,35H,3-8,11-16,21H2,1-2H3,(H,38,39,42)/t25-/m1/s1. The maximum absolute atomic E-state index is 13.8. The van der Waals surface area contributed by atoms with Gasteiger partial charge in [-0.05, 0) is 106 Å². The van der Waals surface area contributed by atoms with E-state index in [0.717, 1.165) is 79.5 Å². The molecule has 0 spiro atoms. The van der Waals surface area contributed by atoms with Crippen molar-refractivity contribution >= 4 is 28.6 Å². The topological polar surface area (TPSA) is 108 Å². The third-order valence-corrected chi connectivity index (χ3v) is 9.47. The second-order valence-electron chi connectivity index (χ2n) is 12.8. The Bertz CT molecular complexity index is 1630. The Morgan fingerprint density at radius 3 is 2.73 bits per heavy atom. The minimum absolute atomic E-state index is 0.205. The van der Waals surface area contributed by atoms with Crippen LogP contribution in [0.4, 0.5) is 11.6 Å². The van der Waals surface area contributed by atoms with E-state index in [1.165, 1.54) is 32.1 Å². The Morgan fingerprint density at radius 2 is 1.89 bits per heavy atom. The number of nitrogens with zero attached hydrogens (tertiary/aromatic N) is 5. The average molecular weight is 598 g/mol. The molecule has 44 heavy (non-hydrogen) atoms. The summed E-state index contributed by atoms with van der Waals surface area (Å²) >= 11 is 0. The predicted molar refractivity (Wildman–Crippen MR) is 171 cm³/mol. The van der Waals surface area contributed by atoms with Crippen molar-refractivity contribution in [1.82, 2.24) is 24.3 Å². The molecule has 1 amide bonds. The number of anilines is 2. The molecule has 2 aliphatic heterocycles. The molecule has 7 rings (SSSR count). The highest BCUT2D eigenvalue weighted by atomic mass is 16.5. The summed E-state index contributed by atoms with van der Waals surface area (Å²) in [6, 6.07) is 10.0. The number of carbonyl (C=O) groups excluding carboxylic acids is 1. The Labute approximate surface area is 258 Å². The first kappa shape index (κ1) is 28.8. The van der Waals surface area contributed by atoms with Crippen LogP contribution in [0.2, 0.25) is 0 Å². The van der Waals surface area contributed by atoms with E-state index in [1.54, 1.807) is 10.9 Å². The fraction of sp³-hybridized carbons (Fsp3) is 0.529. The molecule has 0 unspecified atom stereocenters. The highest BCUT2D eigenvalue weighted by molar-refractivity contribution is 6.05. The largest absolute Gasteiger partial charge is 0.477 e. The molecule has 1 saturated heterocycles. The number of imidazole rings is 1. The van der Waals surface area contributed by atoms with E-state index < -0.39 is 0 Å². The molecular formula is C34H43N7O3. The van der Waals surface area contributed by atoms with E-state index in [9.17, 15) is 4.79 Å². The van der Waals surface area contributed by atoms with Crippen LogP contribution in [-0.2, 0) is 18.3 Å². The minimum Gasteiger partial charge on any atom is -0.477 e. The van der Waals surface area contributed by atoms with Crippen molar-refractivity contribution in [2.75, 3.05) is 37.0 Å². The quantitative estimate of drug-likeness (QED) is 0.255. The molecule has 2 fully saturated rings. The summed E-state index contributed by atoms with van der Waals surface area (Å²) in [6.07, 6.45) is 11.0. The Balaban J connectivity index is 1.17. The van der Waals surface area contributed by atoms with Gasteiger partial charge >= 0.3 is 0 Å². The van der Waals surface area contributed by atoms with Gasteiger partial charge < -0.3 is 19.4 Å². The molecule has 3 aliphatic rings. The Kier molecular flexibility index (Phi) is 8.25. The van der Waals surface area contributed by atoms with E-state index >= 15 is 0 Å². The van der Waals surface area contributed by atoms with Gasteiger partial charge in [0.05, 0.1) is 35.1 Å². The normalized spacial score (nSPS) is 19.8. The summed E-state index contributed by atoms with van der Waals surface area (Å²) in [5.74, 6) is 3.02. The summed E-state index contributed by atoms with van der Waals surface area (Å²) in [6.45, 7) is 6.05. The van der Waals surface area contributed by atoms with Crippen LogP contribution in [0.15, 0.2) is 36.5 Å². The summed E-state index contributed by atoms with van der Waals surface area (Å²) < 4.78 is 15.8. The number of ether oxygens (including phenoxy) is 2. The molecule has 10 nitrogen and oxygen atoms in total. The van der Waals surface area contributed by atoms with E-state index in [1.807, 2.05) is 26.1 Å². The highest BCUT2D eigenvalue weighted by Gasteiger charge is 2.32. The molecule has 232 valence electrons. The fourth-order valence-corrected chi connectivity index (χ4v) is 6.86. The molecule has 1 aliphatic carbocycles. The number of hydrogen-bond acceptors (Lipinski definition) is 7. The lowest BCUT2D eigenvalue weighted by Gasteiger charge is -2.21. The highest BCUT2D eigenvalue weighted by Crippen LogP contribution is 2.41. The van der Waals surface area contributed by atoms with Gasteiger partial charge in [-0.25, -0.2) is 9.67 Å². The minimum atomic E-state index is -0.205. The lowest BCUT2D eigenvalue weighted by atomic mass is 9.95. The van der Waals surface area contributed by atoms with E-state index in [4.69, 9.17) is 19.4 Å². The molecule has 2 bridgehead atoms. The van der Waals surface area contributed by atoms with Gasteiger partial charge in [-0.1, -0.05) is 0 Å². The summed E-state index contributed by atoms with van der Waals surface area (Å²) in [5, 5.41) is 11.2. The predicted octanol–water partition coefficient (Wildman–Crippen LogP) is 6.21. The molecule has 2 N–H and O–H groups in total. The monoisotopic (exact) mass is 597 g/mol. The van der Waals surface area contributed by atoms with Crippen LogP contribution < -0.4 is 15.4 Å². The van der Waals surface area contributed by atoms with Gasteiger partial charge in [0, 0.05) is 50.3 Å². The number of hydrogen-bond donors (Lipinski definition) is 2. The van der Waals surface area contributed by atoms with Crippen LogP contribution in [0.5, 0.6) is 5.88 Å². The summed E-state index contributed by atoms with van der Waals surface area (Å²) in [4.78, 5) is 23.5. The van der Waals surface area contributed by atoms with Crippen molar-refractivity contribution in [1.29, 1.82) is 0 Å². The molecule has 5 heterocycles. The Morgan fingerprint density at radius 1 is 1.02 bits per heavy atom. The number of fused-ring (bicyclic) bond motifs is 7. The average Bonchev–Trinajstić information content (AvgIpc) is 3.73. The summed E-state index contributed by atoms with van der Waals surface area (Å²) in [7, 11) is 1.88. The van der Waals surface area contributed by atoms with Gasteiger partial charge in [0.1, 0.15) is 0 Å². The number of aromatic nitrogens is 5. The molecule has 10 heteroatoms. The zero-order chi connectivity index (χ0) is 30.0. The van der Waals surface area contributed by atoms with Gasteiger partial charge in [-0.3, -0.25) is 15.1 Å². The van der Waals surface area contributed by atoms with E-state index in [-0.39, 0.29) is 5.91 Å². The SMILES string of the molecule is Cc1cc2cc(n1)-c1cnn(C)c1OCCC[C@@H](C1CC1)Cn1c(nc3cc(NCCCC4CCOCC4)ccc31)NC2=O. The lowest BCUT2D eigenvalue weighted by molar-refractivity contribution is 0.0636. The van der Waals surface area contributed by atoms with Crippen molar-refractivity contribution in [3.05, 3.63) is 47.8 Å². The molecule has 3 aromatic heterocycles. The van der Waals surface area contributed by atoms with E-state index in [0.29, 0.717) is 41.5 Å². The number of nitrogens with one attached hydrogen (secondary N) is 2. The van der Waals surface area contributed by atoms with Crippen LogP contribution in [-0.4, -0.2) is 56.6 Å². The number of amides is 1. The van der Waals surface area contributed by atoms with Crippen LogP contribution in [0.25, 0.3) is 22.3 Å². The number of carbonyl (C=O) groups is 1. The van der Waals surface area contributed by atoms with E-state index in [2.05, 4.69) is 38.5 Å². The van der Waals surface area contributed by atoms with Gasteiger partial charge in [0.15, 0.2) is 0 Å². The van der Waals surface area contributed by atoms with Gasteiger partial charge in [-0.15, -0.1) is 0 Å².